The minimum Gasteiger partial charge on any atom is -0.290 e. The van der Waals surface area contributed by atoms with Gasteiger partial charge in [0.15, 0.2) is 5.78 Å². The fourth-order valence-corrected chi connectivity index (χ4v) is 0.543. The quantitative estimate of drug-likeness (QED) is 0.547. The van der Waals surface area contributed by atoms with E-state index in [-0.39, 0.29) is 11.7 Å². The Hall–Kier alpha value is -0.850. The SMILES string of the molecule is C=C(C(=O)/C=C\C)C(C)C. The van der Waals surface area contributed by atoms with Crippen LogP contribution in [0.15, 0.2) is 24.3 Å². The molecule has 0 atom stereocenters. The van der Waals surface area contributed by atoms with Crippen molar-refractivity contribution in [2.75, 3.05) is 0 Å². The summed E-state index contributed by atoms with van der Waals surface area (Å²) >= 11 is 0. The van der Waals surface area contributed by atoms with Crippen molar-refractivity contribution in [2.24, 2.45) is 5.92 Å². The highest BCUT2D eigenvalue weighted by atomic mass is 16.1. The number of allylic oxidation sites excluding steroid dienone is 3. The second kappa shape index (κ2) is 4.04. The molecule has 0 bridgehead atoms. The van der Waals surface area contributed by atoms with Crippen LogP contribution in [0.1, 0.15) is 20.8 Å². The Morgan fingerprint density at radius 1 is 1.50 bits per heavy atom. The molecule has 0 aliphatic rings. The van der Waals surface area contributed by atoms with Gasteiger partial charge >= 0.3 is 0 Å². The Morgan fingerprint density at radius 2 is 2.00 bits per heavy atom. The van der Waals surface area contributed by atoms with Crippen LogP contribution in [-0.4, -0.2) is 5.78 Å². The van der Waals surface area contributed by atoms with E-state index in [1.54, 1.807) is 12.2 Å². The van der Waals surface area contributed by atoms with Gasteiger partial charge in [0.2, 0.25) is 0 Å². The van der Waals surface area contributed by atoms with Gasteiger partial charge in [-0.05, 0) is 24.5 Å². The molecular formula is C9H14O. The van der Waals surface area contributed by atoms with E-state index >= 15 is 0 Å². The molecule has 0 saturated heterocycles. The molecule has 0 unspecified atom stereocenters. The first-order valence-corrected chi connectivity index (χ1v) is 3.45. The summed E-state index contributed by atoms with van der Waals surface area (Å²) in [6.07, 6.45) is 3.28. The van der Waals surface area contributed by atoms with E-state index in [1.165, 1.54) is 0 Å². The third kappa shape index (κ3) is 2.62. The second-order valence-corrected chi connectivity index (χ2v) is 2.54. The van der Waals surface area contributed by atoms with E-state index in [0.29, 0.717) is 5.57 Å². The predicted octanol–water partition coefficient (Wildman–Crippen LogP) is 2.34. The molecule has 0 fully saturated rings. The highest BCUT2D eigenvalue weighted by Crippen LogP contribution is 2.07. The molecule has 0 radical (unpaired) electrons. The highest BCUT2D eigenvalue weighted by Gasteiger charge is 2.05. The van der Waals surface area contributed by atoms with Crippen LogP contribution < -0.4 is 0 Å². The van der Waals surface area contributed by atoms with E-state index in [1.807, 2.05) is 20.8 Å². The number of carbonyl (C=O) groups is 1. The van der Waals surface area contributed by atoms with Crippen molar-refractivity contribution < 1.29 is 4.79 Å². The molecule has 0 amide bonds. The molecule has 0 aliphatic heterocycles. The van der Waals surface area contributed by atoms with E-state index in [4.69, 9.17) is 0 Å². The molecule has 1 nitrogen and oxygen atoms in total. The third-order valence-corrected chi connectivity index (χ3v) is 1.33. The molecule has 0 aromatic rings. The van der Waals surface area contributed by atoms with Crippen LogP contribution in [0, 0.1) is 5.92 Å². The molecule has 0 spiro atoms. The number of hydrogen-bond acceptors (Lipinski definition) is 1. The Kier molecular flexibility index (Phi) is 3.70. The topological polar surface area (TPSA) is 17.1 Å². The average molecular weight is 138 g/mol. The minimum absolute atomic E-state index is 0.0394. The van der Waals surface area contributed by atoms with E-state index < -0.39 is 0 Å². The first-order valence-electron chi connectivity index (χ1n) is 3.45. The normalized spacial score (nSPS) is 10.8. The van der Waals surface area contributed by atoms with Crippen molar-refractivity contribution in [3.8, 4) is 0 Å². The number of ketones is 1. The standard InChI is InChI=1S/C9H14O/c1-5-6-9(10)8(4)7(2)3/h5-7H,4H2,1-3H3/b6-5-. The van der Waals surface area contributed by atoms with E-state index in [2.05, 4.69) is 6.58 Å². The van der Waals surface area contributed by atoms with Gasteiger partial charge in [-0.25, -0.2) is 0 Å². The van der Waals surface area contributed by atoms with Crippen LogP contribution >= 0.6 is 0 Å². The number of carbonyl (C=O) groups excluding carboxylic acids is 1. The van der Waals surface area contributed by atoms with Gasteiger partial charge in [-0.1, -0.05) is 26.5 Å². The van der Waals surface area contributed by atoms with Gasteiger partial charge in [-0.2, -0.15) is 0 Å². The van der Waals surface area contributed by atoms with Gasteiger partial charge in [0, 0.05) is 0 Å². The molecule has 0 rings (SSSR count). The van der Waals surface area contributed by atoms with Crippen molar-refractivity contribution in [3.05, 3.63) is 24.3 Å². The zero-order valence-corrected chi connectivity index (χ0v) is 6.85. The molecular weight excluding hydrogens is 124 g/mol. The lowest BCUT2D eigenvalue weighted by Crippen LogP contribution is -2.03. The molecule has 1 heteroatoms. The van der Waals surface area contributed by atoms with Crippen molar-refractivity contribution in [1.29, 1.82) is 0 Å². The summed E-state index contributed by atoms with van der Waals surface area (Å²) in [7, 11) is 0. The van der Waals surface area contributed by atoms with Crippen LogP contribution in [0.5, 0.6) is 0 Å². The Morgan fingerprint density at radius 3 is 2.30 bits per heavy atom. The van der Waals surface area contributed by atoms with Crippen LogP contribution in [0.25, 0.3) is 0 Å². The van der Waals surface area contributed by atoms with Gasteiger partial charge in [-0.15, -0.1) is 0 Å². The van der Waals surface area contributed by atoms with Gasteiger partial charge in [-0.3, -0.25) is 4.79 Å². The van der Waals surface area contributed by atoms with Crippen LogP contribution in [-0.2, 0) is 4.79 Å². The lowest BCUT2D eigenvalue weighted by atomic mass is 10.0. The highest BCUT2D eigenvalue weighted by molar-refractivity contribution is 6.03. The van der Waals surface area contributed by atoms with Gasteiger partial charge in [0.25, 0.3) is 0 Å². The summed E-state index contributed by atoms with van der Waals surface area (Å²) in [5, 5.41) is 0. The summed E-state index contributed by atoms with van der Waals surface area (Å²) < 4.78 is 0. The lowest BCUT2D eigenvalue weighted by Gasteiger charge is -2.03. The lowest BCUT2D eigenvalue weighted by molar-refractivity contribution is -0.111. The summed E-state index contributed by atoms with van der Waals surface area (Å²) in [6, 6.07) is 0. The molecule has 0 aliphatic carbocycles. The zero-order valence-electron chi connectivity index (χ0n) is 6.85. The van der Waals surface area contributed by atoms with Crippen LogP contribution in [0.4, 0.5) is 0 Å². The van der Waals surface area contributed by atoms with Gasteiger partial charge < -0.3 is 0 Å². The molecule has 0 heterocycles. The summed E-state index contributed by atoms with van der Waals surface area (Å²) in [5.41, 5.74) is 0.679. The fraction of sp³-hybridized carbons (Fsp3) is 0.444. The molecule has 0 aromatic carbocycles. The summed E-state index contributed by atoms with van der Waals surface area (Å²) in [6.45, 7) is 9.42. The molecule has 56 valence electrons. The van der Waals surface area contributed by atoms with Crippen molar-refractivity contribution in [1.82, 2.24) is 0 Å². The molecule has 0 N–H and O–H groups in total. The van der Waals surface area contributed by atoms with E-state index in [0.717, 1.165) is 0 Å². The minimum atomic E-state index is 0.0394. The Labute approximate surface area is 62.4 Å². The first-order chi connectivity index (χ1) is 4.59. The van der Waals surface area contributed by atoms with Gasteiger partial charge in [0.05, 0.1) is 0 Å². The smallest absolute Gasteiger partial charge is 0.181 e. The molecule has 0 saturated carbocycles. The molecule has 0 aromatic heterocycles. The second-order valence-electron chi connectivity index (χ2n) is 2.54. The van der Waals surface area contributed by atoms with Crippen molar-refractivity contribution >= 4 is 5.78 Å². The summed E-state index contributed by atoms with van der Waals surface area (Å²) in [5.74, 6) is 0.293. The number of hydrogen-bond donors (Lipinski definition) is 0. The number of rotatable bonds is 3. The third-order valence-electron chi connectivity index (χ3n) is 1.33. The Bertz CT molecular complexity index is 164. The fourth-order valence-electron chi connectivity index (χ4n) is 0.543. The molecule has 10 heavy (non-hydrogen) atoms. The average Bonchev–Trinajstić information content (AvgIpc) is 1.87. The van der Waals surface area contributed by atoms with Crippen molar-refractivity contribution in [2.45, 2.75) is 20.8 Å². The van der Waals surface area contributed by atoms with Crippen LogP contribution in [0.3, 0.4) is 0 Å². The maximum Gasteiger partial charge on any atom is 0.181 e. The van der Waals surface area contributed by atoms with Crippen LogP contribution in [0.2, 0.25) is 0 Å². The first kappa shape index (κ1) is 9.15. The predicted molar refractivity (Wildman–Crippen MR) is 43.8 cm³/mol. The monoisotopic (exact) mass is 138 g/mol. The zero-order chi connectivity index (χ0) is 8.15. The Balaban J connectivity index is 4.09. The largest absolute Gasteiger partial charge is 0.290 e. The van der Waals surface area contributed by atoms with E-state index in [9.17, 15) is 4.79 Å². The maximum atomic E-state index is 11.0. The van der Waals surface area contributed by atoms with Gasteiger partial charge in [0.1, 0.15) is 0 Å². The van der Waals surface area contributed by atoms with Crippen molar-refractivity contribution in [3.63, 3.8) is 0 Å². The summed E-state index contributed by atoms with van der Waals surface area (Å²) in [4.78, 5) is 11.0. The maximum absolute atomic E-state index is 11.0.